The van der Waals surface area contributed by atoms with E-state index in [1.165, 1.54) is 31.2 Å². The molecule has 4 nitrogen and oxygen atoms in total. The molecule has 2 aromatic rings. The molecule has 0 amide bonds. The van der Waals surface area contributed by atoms with Crippen LogP contribution in [0.4, 0.5) is 0 Å². The summed E-state index contributed by atoms with van der Waals surface area (Å²) in [4.78, 5) is 4.62. The number of nitrogens with zero attached hydrogens (tertiary/aromatic N) is 2. The molecule has 0 radical (unpaired) electrons. The quantitative estimate of drug-likeness (QED) is 0.919. The second-order valence-corrected chi connectivity index (χ2v) is 5.96. The first-order valence-corrected chi connectivity index (χ1v) is 7.96. The van der Waals surface area contributed by atoms with Gasteiger partial charge < -0.3 is 14.6 Å². The van der Waals surface area contributed by atoms with E-state index in [2.05, 4.69) is 40.0 Å². The second kappa shape index (κ2) is 6.58. The summed E-state index contributed by atoms with van der Waals surface area (Å²) in [5.41, 5.74) is 2.33. The number of aryl methyl sites for hydroxylation is 1. The standard InChI is InChI=1S/C17H25N3O/c1-13-19-16-5-3-4-6-17(16)20(13)12-11-18-14-7-9-15(21-2)10-8-14/h3-6,14-15,18H,7-12H2,1-2H3. The predicted molar refractivity (Wildman–Crippen MR) is 85.5 cm³/mol. The lowest BCUT2D eigenvalue weighted by Crippen LogP contribution is -2.36. The maximum absolute atomic E-state index is 5.43. The van der Waals surface area contributed by atoms with E-state index in [1.54, 1.807) is 0 Å². The highest BCUT2D eigenvalue weighted by atomic mass is 16.5. The molecule has 1 aromatic heterocycles. The molecule has 1 aromatic carbocycles. The molecule has 0 aliphatic heterocycles. The highest BCUT2D eigenvalue weighted by Crippen LogP contribution is 2.20. The van der Waals surface area contributed by atoms with Crippen molar-refractivity contribution in [1.29, 1.82) is 0 Å². The number of imidazole rings is 1. The van der Waals surface area contributed by atoms with Gasteiger partial charge in [0.2, 0.25) is 0 Å². The summed E-state index contributed by atoms with van der Waals surface area (Å²) in [5.74, 6) is 1.10. The lowest BCUT2D eigenvalue weighted by Gasteiger charge is -2.28. The van der Waals surface area contributed by atoms with Gasteiger partial charge in [-0.05, 0) is 44.7 Å². The summed E-state index contributed by atoms with van der Waals surface area (Å²) in [7, 11) is 1.82. The first-order valence-electron chi connectivity index (χ1n) is 7.96. The lowest BCUT2D eigenvalue weighted by atomic mass is 9.93. The van der Waals surface area contributed by atoms with Gasteiger partial charge in [-0.15, -0.1) is 0 Å². The number of hydrogen-bond donors (Lipinski definition) is 1. The number of benzene rings is 1. The summed E-state index contributed by atoms with van der Waals surface area (Å²) >= 11 is 0. The molecule has 4 heteroatoms. The van der Waals surface area contributed by atoms with Crippen molar-refractivity contribution in [2.24, 2.45) is 0 Å². The van der Waals surface area contributed by atoms with Crippen molar-refractivity contribution in [2.75, 3.05) is 13.7 Å². The Kier molecular flexibility index (Phi) is 4.56. The van der Waals surface area contributed by atoms with Crippen LogP contribution in [0.3, 0.4) is 0 Å². The van der Waals surface area contributed by atoms with E-state index < -0.39 is 0 Å². The fraction of sp³-hybridized carbons (Fsp3) is 0.588. The first-order chi connectivity index (χ1) is 10.3. The number of fused-ring (bicyclic) bond motifs is 1. The molecule has 114 valence electrons. The Morgan fingerprint density at radius 1 is 1.24 bits per heavy atom. The fourth-order valence-corrected chi connectivity index (χ4v) is 3.36. The molecule has 21 heavy (non-hydrogen) atoms. The van der Waals surface area contributed by atoms with Crippen molar-refractivity contribution < 1.29 is 4.74 Å². The zero-order valence-electron chi connectivity index (χ0n) is 13.0. The molecule has 1 aliphatic rings. The van der Waals surface area contributed by atoms with E-state index in [0.717, 1.165) is 24.4 Å². The second-order valence-electron chi connectivity index (χ2n) is 5.96. The van der Waals surface area contributed by atoms with Crippen molar-refractivity contribution in [3.63, 3.8) is 0 Å². The average molecular weight is 287 g/mol. The minimum atomic E-state index is 0.475. The van der Waals surface area contributed by atoms with Gasteiger partial charge in [-0.25, -0.2) is 4.98 Å². The van der Waals surface area contributed by atoms with Gasteiger partial charge in [0.25, 0.3) is 0 Å². The van der Waals surface area contributed by atoms with Gasteiger partial charge in [-0.2, -0.15) is 0 Å². The normalized spacial score (nSPS) is 22.8. The Bertz CT molecular complexity index is 585. The Labute approximate surface area is 126 Å². The smallest absolute Gasteiger partial charge is 0.106 e. The van der Waals surface area contributed by atoms with Crippen molar-refractivity contribution in [3.8, 4) is 0 Å². The third kappa shape index (κ3) is 3.27. The van der Waals surface area contributed by atoms with Gasteiger partial charge in [0.15, 0.2) is 0 Å². The summed E-state index contributed by atoms with van der Waals surface area (Å²) in [6.45, 7) is 4.07. The predicted octanol–water partition coefficient (Wildman–Crippen LogP) is 2.89. The van der Waals surface area contributed by atoms with Gasteiger partial charge in [-0.3, -0.25) is 0 Å². The number of para-hydroxylation sites is 2. The monoisotopic (exact) mass is 287 g/mol. The number of hydrogen-bond acceptors (Lipinski definition) is 3. The van der Waals surface area contributed by atoms with E-state index >= 15 is 0 Å². The van der Waals surface area contributed by atoms with Crippen LogP contribution in [0.25, 0.3) is 11.0 Å². The maximum Gasteiger partial charge on any atom is 0.106 e. The van der Waals surface area contributed by atoms with E-state index in [9.17, 15) is 0 Å². The van der Waals surface area contributed by atoms with E-state index in [0.29, 0.717) is 12.1 Å². The Morgan fingerprint density at radius 2 is 2.00 bits per heavy atom. The first kappa shape index (κ1) is 14.5. The molecule has 1 N–H and O–H groups in total. The fourth-order valence-electron chi connectivity index (χ4n) is 3.36. The molecule has 0 bridgehead atoms. The highest BCUT2D eigenvalue weighted by molar-refractivity contribution is 5.75. The van der Waals surface area contributed by atoms with Crippen LogP contribution in [-0.4, -0.2) is 35.4 Å². The largest absolute Gasteiger partial charge is 0.381 e. The van der Waals surface area contributed by atoms with Crippen molar-refractivity contribution in [2.45, 2.75) is 51.3 Å². The molecular weight excluding hydrogens is 262 g/mol. The van der Waals surface area contributed by atoms with Crippen LogP contribution in [0, 0.1) is 6.92 Å². The molecule has 1 heterocycles. The zero-order chi connectivity index (χ0) is 14.7. The van der Waals surface area contributed by atoms with Crippen LogP contribution in [0.15, 0.2) is 24.3 Å². The Hall–Kier alpha value is -1.39. The van der Waals surface area contributed by atoms with E-state index in [1.807, 2.05) is 13.2 Å². The number of methoxy groups -OCH3 is 1. The SMILES string of the molecule is COC1CCC(NCCn2c(C)nc3ccccc32)CC1. The van der Waals surface area contributed by atoms with Crippen molar-refractivity contribution in [1.82, 2.24) is 14.9 Å². The Balaban J connectivity index is 1.54. The van der Waals surface area contributed by atoms with Crippen molar-refractivity contribution in [3.05, 3.63) is 30.1 Å². The topological polar surface area (TPSA) is 39.1 Å². The molecule has 1 aliphatic carbocycles. The summed E-state index contributed by atoms with van der Waals surface area (Å²) in [6.07, 6.45) is 5.29. The van der Waals surface area contributed by atoms with Crippen LogP contribution < -0.4 is 5.32 Å². The van der Waals surface area contributed by atoms with Crippen LogP contribution in [0.2, 0.25) is 0 Å². The molecular formula is C17H25N3O. The highest BCUT2D eigenvalue weighted by Gasteiger charge is 2.20. The number of ether oxygens (including phenoxy) is 1. The van der Waals surface area contributed by atoms with Gasteiger partial charge in [0.1, 0.15) is 5.82 Å². The molecule has 3 rings (SSSR count). The minimum Gasteiger partial charge on any atom is -0.381 e. The third-order valence-corrected chi connectivity index (χ3v) is 4.62. The van der Waals surface area contributed by atoms with Crippen LogP contribution in [-0.2, 0) is 11.3 Å². The number of aromatic nitrogens is 2. The van der Waals surface area contributed by atoms with Crippen LogP contribution >= 0.6 is 0 Å². The summed E-state index contributed by atoms with van der Waals surface area (Å²) in [5, 5.41) is 3.69. The van der Waals surface area contributed by atoms with Crippen LogP contribution in [0.5, 0.6) is 0 Å². The molecule has 1 fully saturated rings. The third-order valence-electron chi connectivity index (χ3n) is 4.62. The van der Waals surface area contributed by atoms with Gasteiger partial charge >= 0.3 is 0 Å². The average Bonchev–Trinajstić information content (AvgIpc) is 2.84. The zero-order valence-corrected chi connectivity index (χ0v) is 13.0. The maximum atomic E-state index is 5.43. The van der Waals surface area contributed by atoms with E-state index in [-0.39, 0.29) is 0 Å². The molecule has 0 saturated heterocycles. The summed E-state index contributed by atoms with van der Waals surface area (Å²) in [6, 6.07) is 9.01. The van der Waals surface area contributed by atoms with Gasteiger partial charge in [0.05, 0.1) is 17.1 Å². The number of rotatable bonds is 5. The van der Waals surface area contributed by atoms with Crippen LogP contribution in [0.1, 0.15) is 31.5 Å². The molecule has 1 saturated carbocycles. The van der Waals surface area contributed by atoms with Gasteiger partial charge in [-0.1, -0.05) is 12.1 Å². The summed E-state index contributed by atoms with van der Waals surface area (Å²) < 4.78 is 7.74. The number of nitrogens with one attached hydrogen (secondary N) is 1. The Morgan fingerprint density at radius 3 is 2.76 bits per heavy atom. The minimum absolute atomic E-state index is 0.475. The van der Waals surface area contributed by atoms with Gasteiger partial charge in [0, 0.05) is 26.2 Å². The molecule has 0 atom stereocenters. The van der Waals surface area contributed by atoms with E-state index in [4.69, 9.17) is 4.74 Å². The van der Waals surface area contributed by atoms with Crippen molar-refractivity contribution >= 4 is 11.0 Å². The lowest BCUT2D eigenvalue weighted by molar-refractivity contribution is 0.0625. The molecule has 0 spiro atoms. The molecule has 0 unspecified atom stereocenters.